The summed E-state index contributed by atoms with van der Waals surface area (Å²) >= 11 is 0. The molecular formula is C15H23NO2S. The van der Waals surface area contributed by atoms with E-state index in [9.17, 15) is 8.42 Å². The summed E-state index contributed by atoms with van der Waals surface area (Å²) in [4.78, 5) is 0. The van der Waals surface area contributed by atoms with Crippen molar-refractivity contribution in [3.05, 3.63) is 35.4 Å². The van der Waals surface area contributed by atoms with Crippen molar-refractivity contribution in [1.29, 1.82) is 0 Å². The van der Waals surface area contributed by atoms with Gasteiger partial charge in [-0.05, 0) is 38.3 Å². The molecule has 0 amide bonds. The van der Waals surface area contributed by atoms with Crippen molar-refractivity contribution < 1.29 is 8.42 Å². The summed E-state index contributed by atoms with van der Waals surface area (Å²) in [5.74, 6) is 0. The molecule has 4 heteroatoms. The van der Waals surface area contributed by atoms with E-state index in [1.165, 1.54) is 17.4 Å². The van der Waals surface area contributed by atoms with Gasteiger partial charge in [-0.3, -0.25) is 0 Å². The Morgan fingerprint density at radius 1 is 1.32 bits per heavy atom. The number of nitrogens with one attached hydrogen (secondary N) is 1. The summed E-state index contributed by atoms with van der Waals surface area (Å²) in [6.07, 6.45) is 5.11. The van der Waals surface area contributed by atoms with Gasteiger partial charge in [0.25, 0.3) is 0 Å². The molecule has 1 aliphatic carbocycles. The lowest BCUT2D eigenvalue weighted by molar-refractivity contribution is 0.510. The summed E-state index contributed by atoms with van der Waals surface area (Å²) in [6.45, 7) is 2.94. The van der Waals surface area contributed by atoms with Crippen LogP contribution in [-0.4, -0.2) is 32.5 Å². The molecule has 0 spiro atoms. The number of sulfone groups is 1. The van der Waals surface area contributed by atoms with Gasteiger partial charge in [0.1, 0.15) is 0 Å². The zero-order valence-electron chi connectivity index (χ0n) is 11.7. The minimum Gasteiger partial charge on any atom is -0.312 e. The maximum atomic E-state index is 11.7. The second-order valence-electron chi connectivity index (χ2n) is 5.60. The molecule has 2 rings (SSSR count). The Morgan fingerprint density at radius 3 is 2.79 bits per heavy atom. The Balaban J connectivity index is 1.86. The predicted octanol–water partition coefficient (Wildman–Crippen LogP) is 2.09. The number of aryl methyl sites for hydroxylation is 1. The van der Waals surface area contributed by atoms with Crippen LogP contribution in [0.5, 0.6) is 0 Å². The molecule has 0 aromatic heterocycles. The van der Waals surface area contributed by atoms with Crippen molar-refractivity contribution in [2.45, 2.75) is 43.9 Å². The Labute approximate surface area is 116 Å². The van der Waals surface area contributed by atoms with Crippen molar-refractivity contribution in [3.8, 4) is 0 Å². The molecule has 2 unspecified atom stereocenters. The van der Waals surface area contributed by atoms with Crippen LogP contribution in [0.4, 0.5) is 0 Å². The molecule has 1 aromatic carbocycles. The maximum Gasteiger partial charge on any atom is 0.151 e. The van der Waals surface area contributed by atoms with Gasteiger partial charge in [-0.2, -0.15) is 0 Å². The fraction of sp³-hybridized carbons (Fsp3) is 0.600. The topological polar surface area (TPSA) is 46.2 Å². The van der Waals surface area contributed by atoms with Crippen LogP contribution in [0.15, 0.2) is 24.3 Å². The molecule has 1 N–H and O–H groups in total. The van der Waals surface area contributed by atoms with Crippen LogP contribution in [0.3, 0.4) is 0 Å². The van der Waals surface area contributed by atoms with Gasteiger partial charge in [-0.1, -0.05) is 36.2 Å². The summed E-state index contributed by atoms with van der Waals surface area (Å²) in [7, 11) is -2.92. The Bertz CT molecular complexity index is 525. The van der Waals surface area contributed by atoms with Gasteiger partial charge in [0.2, 0.25) is 0 Å². The Kier molecular flexibility index (Phi) is 4.63. The van der Waals surface area contributed by atoms with Crippen LogP contribution in [0.25, 0.3) is 0 Å². The lowest BCUT2D eigenvalue weighted by Gasteiger charge is -2.19. The molecule has 0 saturated heterocycles. The van der Waals surface area contributed by atoms with Crippen molar-refractivity contribution >= 4 is 9.84 Å². The number of rotatable bonds is 5. The summed E-state index contributed by atoms with van der Waals surface area (Å²) in [6, 6.07) is 8.61. The minimum atomic E-state index is -2.92. The molecule has 0 aliphatic heterocycles. The van der Waals surface area contributed by atoms with Crippen LogP contribution < -0.4 is 5.32 Å². The first-order chi connectivity index (χ1) is 8.97. The molecule has 1 aromatic rings. The highest BCUT2D eigenvalue weighted by molar-refractivity contribution is 7.91. The quantitative estimate of drug-likeness (QED) is 0.899. The fourth-order valence-corrected chi connectivity index (χ4v) is 4.37. The molecule has 1 aliphatic rings. The zero-order chi connectivity index (χ0) is 13.9. The van der Waals surface area contributed by atoms with Gasteiger partial charge < -0.3 is 5.32 Å². The van der Waals surface area contributed by atoms with Gasteiger partial charge in [0, 0.05) is 12.3 Å². The van der Waals surface area contributed by atoms with Crippen LogP contribution in [0, 0.1) is 6.92 Å². The molecule has 1 fully saturated rings. The number of benzene rings is 1. The van der Waals surface area contributed by atoms with Gasteiger partial charge in [-0.15, -0.1) is 0 Å². The third kappa shape index (κ3) is 4.05. The van der Waals surface area contributed by atoms with E-state index in [-0.39, 0.29) is 11.3 Å². The van der Waals surface area contributed by atoms with E-state index in [0.29, 0.717) is 0 Å². The molecule has 0 bridgehead atoms. The molecule has 0 heterocycles. The molecule has 3 nitrogen and oxygen atoms in total. The lowest BCUT2D eigenvalue weighted by Crippen LogP contribution is -2.40. The highest BCUT2D eigenvalue weighted by Crippen LogP contribution is 2.24. The third-order valence-electron chi connectivity index (χ3n) is 3.91. The highest BCUT2D eigenvalue weighted by Gasteiger charge is 2.34. The first-order valence-corrected chi connectivity index (χ1v) is 8.90. The summed E-state index contributed by atoms with van der Waals surface area (Å²) in [5.41, 5.74) is 2.58. The smallest absolute Gasteiger partial charge is 0.151 e. The van der Waals surface area contributed by atoms with Gasteiger partial charge >= 0.3 is 0 Å². The van der Waals surface area contributed by atoms with Crippen LogP contribution in [-0.2, 0) is 16.3 Å². The van der Waals surface area contributed by atoms with Gasteiger partial charge in [0.05, 0.1) is 5.25 Å². The molecule has 106 valence electrons. The van der Waals surface area contributed by atoms with Crippen LogP contribution in [0.1, 0.15) is 30.4 Å². The Morgan fingerprint density at radius 2 is 2.11 bits per heavy atom. The minimum absolute atomic E-state index is 0.139. The van der Waals surface area contributed by atoms with Crippen molar-refractivity contribution in [1.82, 2.24) is 5.32 Å². The average molecular weight is 281 g/mol. The second-order valence-corrected chi connectivity index (χ2v) is 7.86. The average Bonchev–Trinajstić information content (AvgIpc) is 2.77. The third-order valence-corrected chi connectivity index (χ3v) is 5.57. The Hall–Kier alpha value is -0.870. The first-order valence-electron chi connectivity index (χ1n) is 6.94. The van der Waals surface area contributed by atoms with Gasteiger partial charge in [0.15, 0.2) is 9.84 Å². The van der Waals surface area contributed by atoms with E-state index in [1.807, 2.05) is 0 Å². The van der Waals surface area contributed by atoms with E-state index in [2.05, 4.69) is 36.5 Å². The predicted molar refractivity (Wildman–Crippen MR) is 79.2 cm³/mol. The SMILES string of the molecule is Cc1cccc(CCNC2CCCC2S(C)(=O)=O)c1. The van der Waals surface area contributed by atoms with Crippen molar-refractivity contribution in [2.75, 3.05) is 12.8 Å². The monoisotopic (exact) mass is 281 g/mol. The number of hydrogen-bond donors (Lipinski definition) is 1. The summed E-state index contributed by atoms with van der Waals surface area (Å²) in [5, 5.41) is 3.24. The molecule has 2 atom stereocenters. The first kappa shape index (κ1) is 14.5. The summed E-state index contributed by atoms with van der Waals surface area (Å²) < 4.78 is 23.4. The molecule has 19 heavy (non-hydrogen) atoms. The van der Waals surface area contributed by atoms with Gasteiger partial charge in [-0.25, -0.2) is 8.42 Å². The molecule has 0 radical (unpaired) electrons. The largest absolute Gasteiger partial charge is 0.312 e. The van der Waals surface area contributed by atoms with E-state index in [4.69, 9.17) is 0 Å². The normalized spacial score (nSPS) is 23.7. The van der Waals surface area contributed by atoms with Crippen molar-refractivity contribution in [3.63, 3.8) is 0 Å². The molecular weight excluding hydrogens is 258 g/mol. The van der Waals surface area contributed by atoms with E-state index in [1.54, 1.807) is 0 Å². The maximum absolute atomic E-state index is 11.7. The van der Waals surface area contributed by atoms with Crippen molar-refractivity contribution in [2.24, 2.45) is 0 Å². The van der Waals surface area contributed by atoms with E-state index in [0.717, 1.165) is 32.2 Å². The zero-order valence-corrected chi connectivity index (χ0v) is 12.5. The highest BCUT2D eigenvalue weighted by atomic mass is 32.2. The van der Waals surface area contributed by atoms with E-state index < -0.39 is 9.84 Å². The fourth-order valence-electron chi connectivity index (χ4n) is 2.94. The van der Waals surface area contributed by atoms with Crippen LogP contribution >= 0.6 is 0 Å². The molecule has 1 saturated carbocycles. The van der Waals surface area contributed by atoms with E-state index >= 15 is 0 Å². The standard InChI is InChI=1S/C15H23NO2S/c1-12-5-3-6-13(11-12)9-10-16-14-7-4-8-15(14)19(2,17)18/h3,5-6,11,14-16H,4,7-10H2,1-2H3. The second kappa shape index (κ2) is 6.06. The van der Waals surface area contributed by atoms with Crippen LogP contribution in [0.2, 0.25) is 0 Å². The lowest BCUT2D eigenvalue weighted by atomic mass is 10.1. The number of hydrogen-bond acceptors (Lipinski definition) is 3.